The fourth-order valence-electron chi connectivity index (χ4n) is 2.33. The standard InChI is InChI=1S/2C10H14N2O/c1-7-2-3-8(5-10(7)12)4-9(11)6-13;1-12-9(10(11)13)7-8-5-3-2-4-6-8/h2-3,5-6,9H,4,11-12H2,1H3;2-6,9,12H,7H2,1H3,(H2,11,13). The molecule has 6 heteroatoms. The molecule has 26 heavy (non-hydrogen) atoms. The molecule has 0 heterocycles. The maximum atomic E-state index is 10.9. The number of nitrogens with one attached hydrogen (secondary N) is 1. The average Bonchev–Trinajstić information content (AvgIpc) is 2.63. The van der Waals surface area contributed by atoms with Gasteiger partial charge in [0, 0.05) is 5.69 Å². The number of aryl methyl sites for hydroxylation is 1. The Morgan fingerprint density at radius 3 is 2.27 bits per heavy atom. The normalized spacial score (nSPS) is 12.4. The first-order valence-corrected chi connectivity index (χ1v) is 8.43. The molecule has 140 valence electrons. The summed E-state index contributed by atoms with van der Waals surface area (Å²) >= 11 is 0. The number of hydrogen-bond acceptors (Lipinski definition) is 5. The van der Waals surface area contributed by atoms with Crippen molar-refractivity contribution in [1.82, 2.24) is 5.32 Å². The molecule has 0 aliphatic carbocycles. The molecule has 6 nitrogen and oxygen atoms in total. The zero-order chi connectivity index (χ0) is 19.5. The molecule has 0 saturated carbocycles. The van der Waals surface area contributed by atoms with Crippen LogP contribution in [-0.4, -0.2) is 31.3 Å². The summed E-state index contributed by atoms with van der Waals surface area (Å²) < 4.78 is 0. The average molecular weight is 356 g/mol. The molecule has 0 aliphatic rings. The van der Waals surface area contributed by atoms with E-state index in [1.54, 1.807) is 7.05 Å². The fraction of sp³-hybridized carbons (Fsp3) is 0.300. The Kier molecular flexibility index (Phi) is 9.05. The lowest BCUT2D eigenvalue weighted by molar-refractivity contribution is -0.119. The van der Waals surface area contributed by atoms with Gasteiger partial charge in [0.05, 0.1) is 12.1 Å². The molecule has 2 aromatic carbocycles. The first kappa shape index (κ1) is 21.3. The van der Waals surface area contributed by atoms with E-state index >= 15 is 0 Å². The Balaban J connectivity index is 0.000000260. The smallest absolute Gasteiger partial charge is 0.234 e. The van der Waals surface area contributed by atoms with Crippen molar-refractivity contribution >= 4 is 17.9 Å². The van der Waals surface area contributed by atoms with Gasteiger partial charge in [-0.15, -0.1) is 0 Å². The Morgan fingerprint density at radius 1 is 1.12 bits per heavy atom. The molecule has 0 saturated heterocycles. The first-order chi connectivity index (χ1) is 12.4. The van der Waals surface area contributed by atoms with E-state index in [2.05, 4.69) is 5.32 Å². The molecule has 0 aliphatic heterocycles. The van der Waals surface area contributed by atoms with Crippen molar-refractivity contribution in [2.75, 3.05) is 12.8 Å². The minimum absolute atomic E-state index is 0.276. The van der Waals surface area contributed by atoms with Gasteiger partial charge in [0.25, 0.3) is 0 Å². The van der Waals surface area contributed by atoms with Crippen LogP contribution >= 0.6 is 0 Å². The zero-order valence-corrected chi connectivity index (χ0v) is 15.3. The van der Waals surface area contributed by atoms with E-state index in [4.69, 9.17) is 17.2 Å². The zero-order valence-electron chi connectivity index (χ0n) is 15.3. The number of anilines is 1. The summed E-state index contributed by atoms with van der Waals surface area (Å²) in [5.74, 6) is -0.314. The van der Waals surface area contributed by atoms with E-state index in [0.29, 0.717) is 12.8 Å². The summed E-state index contributed by atoms with van der Waals surface area (Å²) in [6.45, 7) is 1.94. The number of primary amides is 1. The van der Waals surface area contributed by atoms with E-state index in [0.717, 1.165) is 28.7 Å². The largest absolute Gasteiger partial charge is 0.399 e. The second-order valence-corrected chi connectivity index (χ2v) is 6.13. The molecule has 2 aromatic rings. The Bertz CT molecular complexity index is 704. The lowest BCUT2D eigenvalue weighted by atomic mass is 10.0. The van der Waals surface area contributed by atoms with Crippen molar-refractivity contribution < 1.29 is 9.59 Å². The van der Waals surface area contributed by atoms with Crippen LogP contribution in [0, 0.1) is 6.92 Å². The molecule has 0 aromatic heterocycles. The van der Waals surface area contributed by atoms with Crippen molar-refractivity contribution in [3.63, 3.8) is 0 Å². The summed E-state index contributed by atoms with van der Waals surface area (Å²) in [7, 11) is 1.73. The summed E-state index contributed by atoms with van der Waals surface area (Å²) in [6, 6.07) is 14.8. The van der Waals surface area contributed by atoms with E-state index in [1.807, 2.05) is 55.5 Å². The van der Waals surface area contributed by atoms with Crippen molar-refractivity contribution in [3.05, 3.63) is 65.2 Å². The molecule has 0 spiro atoms. The SMILES string of the molecule is CNC(Cc1ccccc1)C(N)=O.Cc1ccc(CC(N)C=O)cc1N. The van der Waals surface area contributed by atoms with Gasteiger partial charge in [-0.2, -0.15) is 0 Å². The van der Waals surface area contributed by atoms with E-state index < -0.39 is 6.04 Å². The maximum Gasteiger partial charge on any atom is 0.234 e. The van der Waals surface area contributed by atoms with Crippen LogP contribution < -0.4 is 22.5 Å². The monoisotopic (exact) mass is 356 g/mol. The van der Waals surface area contributed by atoms with Crippen molar-refractivity contribution in [2.45, 2.75) is 31.8 Å². The molecular weight excluding hydrogens is 328 g/mol. The van der Waals surface area contributed by atoms with Gasteiger partial charge in [-0.1, -0.05) is 42.5 Å². The van der Waals surface area contributed by atoms with Gasteiger partial charge in [0.15, 0.2) is 0 Å². The van der Waals surface area contributed by atoms with Gasteiger partial charge in [-0.25, -0.2) is 0 Å². The number of aldehydes is 1. The second kappa shape index (κ2) is 11.0. The molecule has 2 unspecified atom stereocenters. The Labute approximate surface area is 154 Å². The minimum Gasteiger partial charge on any atom is -0.399 e. The predicted octanol–water partition coefficient (Wildman–Crippen LogP) is 0.948. The van der Waals surface area contributed by atoms with Crippen molar-refractivity contribution in [2.24, 2.45) is 11.5 Å². The summed E-state index contributed by atoms with van der Waals surface area (Å²) in [5, 5.41) is 2.88. The van der Waals surface area contributed by atoms with Crippen LogP contribution in [0.2, 0.25) is 0 Å². The second-order valence-electron chi connectivity index (χ2n) is 6.13. The highest BCUT2D eigenvalue weighted by molar-refractivity contribution is 5.80. The van der Waals surface area contributed by atoms with E-state index in [-0.39, 0.29) is 11.9 Å². The number of carbonyl (C=O) groups excluding carboxylic acids is 2. The van der Waals surface area contributed by atoms with Gasteiger partial charge in [-0.3, -0.25) is 4.79 Å². The van der Waals surface area contributed by atoms with Gasteiger partial charge < -0.3 is 27.3 Å². The lowest BCUT2D eigenvalue weighted by Gasteiger charge is -2.11. The summed E-state index contributed by atoms with van der Waals surface area (Å²) in [4.78, 5) is 21.2. The number of hydrogen-bond donors (Lipinski definition) is 4. The van der Waals surface area contributed by atoms with Crippen LogP contribution in [0.25, 0.3) is 0 Å². The molecule has 1 amide bonds. The van der Waals surface area contributed by atoms with Gasteiger partial charge >= 0.3 is 0 Å². The number of likely N-dealkylation sites (N-methyl/N-ethyl adjacent to an activating group) is 1. The van der Waals surface area contributed by atoms with E-state index in [9.17, 15) is 9.59 Å². The molecule has 0 fully saturated rings. The number of rotatable bonds is 7. The van der Waals surface area contributed by atoms with Crippen LogP contribution in [0.1, 0.15) is 16.7 Å². The number of nitrogens with two attached hydrogens (primary N) is 3. The highest BCUT2D eigenvalue weighted by Crippen LogP contribution is 2.13. The van der Waals surface area contributed by atoms with E-state index in [1.165, 1.54) is 0 Å². The number of benzene rings is 2. The van der Waals surface area contributed by atoms with Crippen LogP contribution in [0.15, 0.2) is 48.5 Å². The Morgan fingerprint density at radius 2 is 1.77 bits per heavy atom. The third kappa shape index (κ3) is 7.46. The lowest BCUT2D eigenvalue weighted by Crippen LogP contribution is -2.40. The third-order valence-electron chi connectivity index (χ3n) is 3.96. The summed E-state index contributed by atoms with van der Waals surface area (Å²) in [5.41, 5.74) is 20.3. The summed E-state index contributed by atoms with van der Waals surface area (Å²) in [6.07, 6.45) is 1.94. The highest BCUT2D eigenvalue weighted by atomic mass is 16.1. The van der Waals surface area contributed by atoms with Crippen LogP contribution in [0.3, 0.4) is 0 Å². The fourth-order valence-corrected chi connectivity index (χ4v) is 2.33. The third-order valence-corrected chi connectivity index (χ3v) is 3.96. The molecule has 0 radical (unpaired) electrons. The number of carbonyl (C=O) groups is 2. The van der Waals surface area contributed by atoms with Crippen LogP contribution in [0.4, 0.5) is 5.69 Å². The highest BCUT2D eigenvalue weighted by Gasteiger charge is 2.12. The van der Waals surface area contributed by atoms with Crippen molar-refractivity contribution in [3.8, 4) is 0 Å². The molecule has 2 rings (SSSR count). The first-order valence-electron chi connectivity index (χ1n) is 8.43. The molecule has 2 atom stereocenters. The molecule has 0 bridgehead atoms. The van der Waals surface area contributed by atoms with Crippen LogP contribution in [-0.2, 0) is 22.4 Å². The van der Waals surface area contributed by atoms with Gasteiger partial charge in [-0.05, 0) is 49.6 Å². The quantitative estimate of drug-likeness (QED) is 0.434. The Hall–Kier alpha value is -2.70. The molecule has 7 N–H and O–H groups in total. The number of nitrogen functional groups attached to an aromatic ring is 1. The van der Waals surface area contributed by atoms with Crippen molar-refractivity contribution in [1.29, 1.82) is 0 Å². The van der Waals surface area contributed by atoms with Gasteiger partial charge in [0.1, 0.15) is 6.29 Å². The van der Waals surface area contributed by atoms with Gasteiger partial charge in [0.2, 0.25) is 5.91 Å². The molecular formula is C20H28N4O2. The topological polar surface area (TPSA) is 124 Å². The minimum atomic E-state index is -0.429. The van der Waals surface area contributed by atoms with Crippen LogP contribution in [0.5, 0.6) is 0 Å². The number of amides is 1. The predicted molar refractivity (Wildman–Crippen MR) is 106 cm³/mol. The maximum absolute atomic E-state index is 10.9.